The van der Waals surface area contributed by atoms with E-state index in [-0.39, 0.29) is 0 Å². The maximum absolute atomic E-state index is 5.85. The van der Waals surface area contributed by atoms with E-state index >= 15 is 0 Å². The van der Waals surface area contributed by atoms with Gasteiger partial charge in [0.15, 0.2) is 0 Å². The quantitative estimate of drug-likeness (QED) is 0.635. The molecule has 0 unspecified atom stereocenters. The Hall–Kier alpha value is -0.130. The molecule has 1 aromatic heterocycles. The Balaban J connectivity index is 1.81. The summed E-state index contributed by atoms with van der Waals surface area (Å²) in [7, 11) is 0. The number of ether oxygens (including phenoxy) is 2. The van der Waals surface area contributed by atoms with Crippen LogP contribution in [0.3, 0.4) is 0 Å². The average molecular weight is 292 g/mol. The molecule has 0 radical (unpaired) electrons. The van der Waals surface area contributed by atoms with Crippen LogP contribution < -0.4 is 5.32 Å². The van der Waals surface area contributed by atoms with E-state index in [4.69, 9.17) is 21.1 Å². The van der Waals surface area contributed by atoms with Crippen molar-refractivity contribution in [3.63, 3.8) is 0 Å². The van der Waals surface area contributed by atoms with Crippen LogP contribution in [0.15, 0.2) is 12.1 Å². The second kappa shape index (κ2) is 10.8. The van der Waals surface area contributed by atoms with Crippen molar-refractivity contribution in [1.29, 1.82) is 0 Å². The zero-order valence-electron chi connectivity index (χ0n) is 10.9. The summed E-state index contributed by atoms with van der Waals surface area (Å²) < 4.78 is 11.7. The van der Waals surface area contributed by atoms with E-state index in [0.29, 0.717) is 13.2 Å². The molecule has 0 saturated carbocycles. The van der Waals surface area contributed by atoms with Crippen molar-refractivity contribution >= 4 is 22.9 Å². The van der Waals surface area contributed by atoms with E-state index in [1.54, 1.807) is 11.3 Å². The number of thiophene rings is 1. The molecule has 0 spiro atoms. The van der Waals surface area contributed by atoms with Crippen LogP contribution in [0.2, 0.25) is 4.34 Å². The Kier molecular flexibility index (Phi) is 9.52. The highest BCUT2D eigenvalue weighted by atomic mass is 35.5. The first-order chi connectivity index (χ1) is 8.83. The molecule has 0 aliphatic carbocycles. The highest BCUT2D eigenvalue weighted by molar-refractivity contribution is 7.16. The van der Waals surface area contributed by atoms with Gasteiger partial charge in [-0.2, -0.15) is 0 Å². The van der Waals surface area contributed by atoms with Crippen molar-refractivity contribution in [3.05, 3.63) is 21.3 Å². The van der Waals surface area contributed by atoms with E-state index in [1.807, 2.05) is 12.1 Å². The third-order valence-corrected chi connectivity index (χ3v) is 3.60. The first-order valence-corrected chi connectivity index (χ1v) is 7.62. The highest BCUT2D eigenvalue weighted by Gasteiger charge is 1.97. The van der Waals surface area contributed by atoms with Gasteiger partial charge < -0.3 is 14.8 Å². The molecular weight excluding hydrogens is 270 g/mol. The van der Waals surface area contributed by atoms with Crippen LogP contribution in [0.25, 0.3) is 0 Å². The summed E-state index contributed by atoms with van der Waals surface area (Å²) in [4.78, 5) is 1.25. The first kappa shape index (κ1) is 15.9. The van der Waals surface area contributed by atoms with Crippen molar-refractivity contribution in [1.82, 2.24) is 5.32 Å². The molecule has 0 aliphatic heterocycles. The lowest BCUT2D eigenvalue weighted by molar-refractivity contribution is 0.0477. The molecule has 5 heteroatoms. The summed E-state index contributed by atoms with van der Waals surface area (Å²) in [6.07, 6.45) is 2.31. The molecule has 1 rings (SSSR count). The van der Waals surface area contributed by atoms with Gasteiger partial charge in [0.2, 0.25) is 0 Å². The van der Waals surface area contributed by atoms with Crippen molar-refractivity contribution in [2.75, 3.05) is 33.0 Å². The van der Waals surface area contributed by atoms with Gasteiger partial charge in [-0.05, 0) is 18.6 Å². The Labute approximate surface area is 118 Å². The van der Waals surface area contributed by atoms with E-state index in [1.165, 1.54) is 11.3 Å². The molecule has 0 bridgehead atoms. The normalized spacial score (nSPS) is 11.0. The summed E-state index contributed by atoms with van der Waals surface area (Å²) in [5, 5.41) is 3.31. The van der Waals surface area contributed by atoms with Gasteiger partial charge >= 0.3 is 0 Å². The molecule has 18 heavy (non-hydrogen) atoms. The van der Waals surface area contributed by atoms with E-state index in [0.717, 1.165) is 37.1 Å². The molecule has 1 aromatic rings. The fraction of sp³-hybridized carbons (Fsp3) is 0.692. The number of hydrogen-bond acceptors (Lipinski definition) is 4. The van der Waals surface area contributed by atoms with Crippen LogP contribution in [0, 0.1) is 0 Å². The van der Waals surface area contributed by atoms with Crippen molar-refractivity contribution in [2.45, 2.75) is 26.3 Å². The van der Waals surface area contributed by atoms with Crippen LogP contribution in [0.1, 0.15) is 24.6 Å². The van der Waals surface area contributed by atoms with Crippen LogP contribution in [0.5, 0.6) is 0 Å². The van der Waals surface area contributed by atoms with E-state index in [9.17, 15) is 0 Å². The van der Waals surface area contributed by atoms with E-state index in [2.05, 4.69) is 12.2 Å². The summed E-state index contributed by atoms with van der Waals surface area (Å²) in [6.45, 7) is 6.80. The molecular formula is C13H22ClNO2S. The van der Waals surface area contributed by atoms with Crippen molar-refractivity contribution in [2.24, 2.45) is 0 Å². The molecule has 0 atom stereocenters. The number of rotatable bonds is 11. The van der Waals surface area contributed by atoms with Gasteiger partial charge in [0, 0.05) is 24.6 Å². The monoisotopic (exact) mass is 291 g/mol. The van der Waals surface area contributed by atoms with Gasteiger partial charge in [0.1, 0.15) is 0 Å². The molecule has 1 N–H and O–H groups in total. The summed E-state index contributed by atoms with van der Waals surface area (Å²) in [5.74, 6) is 0. The molecule has 1 heterocycles. The molecule has 0 amide bonds. The second-order valence-electron chi connectivity index (χ2n) is 3.96. The van der Waals surface area contributed by atoms with Crippen LogP contribution in [-0.2, 0) is 16.0 Å². The molecule has 0 saturated heterocycles. The van der Waals surface area contributed by atoms with E-state index < -0.39 is 0 Å². The molecule has 0 fully saturated rings. The van der Waals surface area contributed by atoms with Gasteiger partial charge in [-0.25, -0.2) is 0 Å². The lowest BCUT2D eigenvalue weighted by Crippen LogP contribution is -2.19. The maximum atomic E-state index is 5.85. The largest absolute Gasteiger partial charge is 0.379 e. The minimum Gasteiger partial charge on any atom is -0.379 e. The van der Waals surface area contributed by atoms with Crippen molar-refractivity contribution < 1.29 is 9.47 Å². The second-order valence-corrected chi connectivity index (χ2v) is 5.76. The van der Waals surface area contributed by atoms with Gasteiger partial charge in [0.25, 0.3) is 0 Å². The van der Waals surface area contributed by atoms with Gasteiger partial charge in [-0.3, -0.25) is 0 Å². The summed E-state index contributed by atoms with van der Waals surface area (Å²) in [5.41, 5.74) is 0. The Morgan fingerprint density at radius 1 is 1.17 bits per heavy atom. The molecule has 0 aliphatic rings. The Bertz CT molecular complexity index is 307. The standard InChI is InChI=1S/C13H22ClNO2S/c1-2-3-7-16-9-10-17-8-6-15-11-12-4-5-13(14)18-12/h4-5,15H,2-3,6-11H2,1H3. The Morgan fingerprint density at radius 3 is 2.61 bits per heavy atom. The minimum absolute atomic E-state index is 0.677. The number of nitrogens with one attached hydrogen (secondary N) is 1. The molecule has 104 valence electrons. The fourth-order valence-corrected chi connectivity index (χ4v) is 2.43. The van der Waals surface area contributed by atoms with Gasteiger partial charge in [-0.15, -0.1) is 11.3 Å². The summed E-state index contributed by atoms with van der Waals surface area (Å²) >= 11 is 7.46. The van der Waals surface area contributed by atoms with Gasteiger partial charge in [0.05, 0.1) is 24.2 Å². The Morgan fingerprint density at radius 2 is 1.94 bits per heavy atom. The maximum Gasteiger partial charge on any atom is 0.0931 e. The third-order valence-electron chi connectivity index (χ3n) is 2.37. The zero-order chi connectivity index (χ0) is 13.1. The first-order valence-electron chi connectivity index (χ1n) is 6.43. The van der Waals surface area contributed by atoms with Crippen LogP contribution in [-0.4, -0.2) is 33.0 Å². The SMILES string of the molecule is CCCCOCCOCCNCc1ccc(Cl)s1. The number of unbranched alkanes of at least 4 members (excludes halogenated alkanes) is 1. The van der Waals surface area contributed by atoms with Crippen LogP contribution in [0.4, 0.5) is 0 Å². The minimum atomic E-state index is 0.677. The third kappa shape index (κ3) is 8.06. The van der Waals surface area contributed by atoms with Gasteiger partial charge in [-0.1, -0.05) is 24.9 Å². The number of hydrogen-bond donors (Lipinski definition) is 1. The van der Waals surface area contributed by atoms with Crippen molar-refractivity contribution in [3.8, 4) is 0 Å². The predicted octanol–water partition coefficient (Wildman–Crippen LogP) is 3.32. The molecule has 0 aromatic carbocycles. The average Bonchev–Trinajstić information content (AvgIpc) is 2.77. The summed E-state index contributed by atoms with van der Waals surface area (Å²) in [6, 6.07) is 3.97. The number of halogens is 1. The predicted molar refractivity (Wildman–Crippen MR) is 77.6 cm³/mol. The topological polar surface area (TPSA) is 30.5 Å². The lowest BCUT2D eigenvalue weighted by atomic mass is 10.4. The lowest BCUT2D eigenvalue weighted by Gasteiger charge is -2.06. The fourth-order valence-electron chi connectivity index (χ4n) is 1.37. The smallest absolute Gasteiger partial charge is 0.0931 e. The zero-order valence-corrected chi connectivity index (χ0v) is 12.5. The molecule has 3 nitrogen and oxygen atoms in total. The van der Waals surface area contributed by atoms with Crippen LogP contribution >= 0.6 is 22.9 Å². The highest BCUT2D eigenvalue weighted by Crippen LogP contribution is 2.20.